The second-order valence-electron chi connectivity index (χ2n) is 5.73. The molecule has 1 aliphatic rings. The Morgan fingerprint density at radius 2 is 2.10 bits per heavy atom. The molecule has 3 heterocycles. The predicted octanol–water partition coefficient (Wildman–Crippen LogP) is 3.83. The van der Waals surface area contributed by atoms with Crippen LogP contribution >= 0.6 is 11.3 Å². The summed E-state index contributed by atoms with van der Waals surface area (Å²) in [5, 5.41) is 4.81. The van der Waals surface area contributed by atoms with Crippen LogP contribution in [-0.2, 0) is 0 Å². The Morgan fingerprint density at radius 1 is 1.30 bits per heavy atom. The van der Waals surface area contributed by atoms with Crippen LogP contribution in [0, 0.1) is 13.8 Å². The van der Waals surface area contributed by atoms with Crippen molar-refractivity contribution in [3.05, 3.63) is 53.0 Å². The summed E-state index contributed by atoms with van der Waals surface area (Å²) in [7, 11) is 0. The summed E-state index contributed by atoms with van der Waals surface area (Å²) in [5.74, 6) is 1.02. The number of hydrogen-bond acceptors (Lipinski definition) is 3. The summed E-state index contributed by atoms with van der Waals surface area (Å²) in [6.07, 6.45) is 10.3. The van der Waals surface area contributed by atoms with E-state index < -0.39 is 0 Å². The van der Waals surface area contributed by atoms with Gasteiger partial charge in [-0.1, -0.05) is 12.2 Å². The standard InChI is InChI=1S/C16H19N3S/c1-11-10-14(13-6-5-7-16(3,4)18-13)20-15(11)19-9-8-17-12(19)2/h5-10,18H,1-4H3. The van der Waals surface area contributed by atoms with E-state index in [9.17, 15) is 0 Å². The molecular formula is C16H19N3S. The van der Waals surface area contributed by atoms with Gasteiger partial charge in [0.05, 0.1) is 16.1 Å². The molecule has 0 radical (unpaired) electrons. The number of aromatic nitrogens is 2. The molecule has 0 atom stereocenters. The number of dihydropyridines is 1. The molecule has 0 saturated carbocycles. The van der Waals surface area contributed by atoms with E-state index in [2.05, 4.69) is 59.9 Å². The third kappa shape index (κ3) is 2.31. The molecule has 0 saturated heterocycles. The van der Waals surface area contributed by atoms with Crippen molar-refractivity contribution in [3.63, 3.8) is 0 Å². The summed E-state index contributed by atoms with van der Waals surface area (Å²) >= 11 is 1.80. The number of rotatable bonds is 2. The SMILES string of the molecule is Cc1cc(C2=CC=CC(C)(C)N2)sc1-n1ccnc1C. The zero-order valence-corrected chi connectivity index (χ0v) is 13.1. The Morgan fingerprint density at radius 3 is 2.75 bits per heavy atom. The maximum atomic E-state index is 4.31. The fourth-order valence-corrected chi connectivity index (χ4v) is 3.58. The second-order valence-corrected chi connectivity index (χ2v) is 6.76. The van der Waals surface area contributed by atoms with Crippen LogP contribution in [0.5, 0.6) is 0 Å². The molecule has 20 heavy (non-hydrogen) atoms. The Hall–Kier alpha value is -1.81. The van der Waals surface area contributed by atoms with Gasteiger partial charge in [-0.25, -0.2) is 4.98 Å². The molecule has 104 valence electrons. The van der Waals surface area contributed by atoms with Gasteiger partial charge < -0.3 is 5.32 Å². The molecule has 2 aromatic rings. The van der Waals surface area contributed by atoms with Crippen LogP contribution in [0.3, 0.4) is 0 Å². The Labute approximate surface area is 123 Å². The van der Waals surface area contributed by atoms with Gasteiger partial charge in [-0.05, 0) is 45.4 Å². The van der Waals surface area contributed by atoms with E-state index in [1.54, 1.807) is 11.3 Å². The van der Waals surface area contributed by atoms with Crippen LogP contribution in [0.25, 0.3) is 10.7 Å². The summed E-state index contributed by atoms with van der Waals surface area (Å²) < 4.78 is 2.15. The number of nitrogens with zero attached hydrogens (tertiary/aromatic N) is 2. The van der Waals surface area contributed by atoms with Crippen molar-refractivity contribution >= 4 is 17.0 Å². The zero-order chi connectivity index (χ0) is 14.3. The first-order chi connectivity index (χ1) is 9.46. The molecule has 3 rings (SSSR count). The molecular weight excluding hydrogens is 266 g/mol. The van der Waals surface area contributed by atoms with Crippen LogP contribution in [-0.4, -0.2) is 15.1 Å². The number of nitrogens with one attached hydrogen (secondary N) is 1. The lowest BCUT2D eigenvalue weighted by Crippen LogP contribution is -2.37. The average molecular weight is 285 g/mol. The number of allylic oxidation sites excluding steroid dienone is 2. The van der Waals surface area contributed by atoms with Gasteiger partial charge in [0.25, 0.3) is 0 Å². The molecule has 0 amide bonds. The molecule has 2 aromatic heterocycles. The fourth-order valence-electron chi connectivity index (χ4n) is 2.40. The van der Waals surface area contributed by atoms with E-state index in [4.69, 9.17) is 0 Å². The molecule has 0 bridgehead atoms. The molecule has 0 aromatic carbocycles. The molecule has 0 unspecified atom stereocenters. The van der Waals surface area contributed by atoms with Crippen LogP contribution in [0.1, 0.15) is 30.1 Å². The lowest BCUT2D eigenvalue weighted by Gasteiger charge is -2.27. The van der Waals surface area contributed by atoms with E-state index in [1.165, 1.54) is 21.1 Å². The van der Waals surface area contributed by atoms with Crippen molar-refractivity contribution in [1.82, 2.24) is 14.9 Å². The molecule has 0 spiro atoms. The monoisotopic (exact) mass is 285 g/mol. The van der Waals surface area contributed by atoms with Crippen LogP contribution in [0.15, 0.2) is 36.7 Å². The third-order valence-electron chi connectivity index (χ3n) is 3.43. The second kappa shape index (κ2) is 4.63. The van der Waals surface area contributed by atoms with Crippen molar-refractivity contribution in [2.75, 3.05) is 0 Å². The van der Waals surface area contributed by atoms with Gasteiger partial charge in [0.2, 0.25) is 0 Å². The van der Waals surface area contributed by atoms with E-state index in [0.29, 0.717) is 0 Å². The van der Waals surface area contributed by atoms with E-state index in [1.807, 2.05) is 19.3 Å². The Balaban J connectivity index is 2.00. The van der Waals surface area contributed by atoms with Crippen LogP contribution in [0.2, 0.25) is 0 Å². The van der Waals surface area contributed by atoms with Crippen molar-refractivity contribution < 1.29 is 0 Å². The van der Waals surface area contributed by atoms with E-state index in [0.717, 1.165) is 5.82 Å². The van der Waals surface area contributed by atoms with E-state index >= 15 is 0 Å². The summed E-state index contributed by atoms with van der Waals surface area (Å²) in [4.78, 5) is 5.57. The molecule has 0 fully saturated rings. The first-order valence-corrected chi connectivity index (χ1v) is 7.57. The van der Waals surface area contributed by atoms with Crippen LogP contribution in [0.4, 0.5) is 0 Å². The van der Waals surface area contributed by atoms with Gasteiger partial charge >= 0.3 is 0 Å². The van der Waals surface area contributed by atoms with Gasteiger partial charge in [0.1, 0.15) is 10.8 Å². The minimum absolute atomic E-state index is 0.00701. The minimum atomic E-state index is 0.00701. The molecule has 0 aliphatic carbocycles. The van der Waals surface area contributed by atoms with Crippen molar-refractivity contribution in [1.29, 1.82) is 0 Å². The minimum Gasteiger partial charge on any atom is -0.376 e. The van der Waals surface area contributed by atoms with Gasteiger partial charge in [-0.3, -0.25) is 4.57 Å². The molecule has 4 heteroatoms. The van der Waals surface area contributed by atoms with Crippen LogP contribution < -0.4 is 5.32 Å². The van der Waals surface area contributed by atoms with Gasteiger partial charge in [0.15, 0.2) is 0 Å². The lowest BCUT2D eigenvalue weighted by atomic mass is 10.0. The highest BCUT2D eigenvalue weighted by atomic mass is 32.1. The molecule has 3 nitrogen and oxygen atoms in total. The normalized spacial score (nSPS) is 16.9. The Kier molecular flexibility index (Phi) is 3.05. The zero-order valence-electron chi connectivity index (χ0n) is 12.3. The van der Waals surface area contributed by atoms with Crippen molar-refractivity contribution in [3.8, 4) is 5.00 Å². The summed E-state index contributed by atoms with van der Waals surface area (Å²) in [5.41, 5.74) is 2.48. The fraction of sp³-hybridized carbons (Fsp3) is 0.312. The lowest BCUT2D eigenvalue weighted by molar-refractivity contribution is 0.560. The highest BCUT2D eigenvalue weighted by molar-refractivity contribution is 7.15. The number of thiophene rings is 1. The average Bonchev–Trinajstić information content (AvgIpc) is 2.94. The number of aryl methyl sites for hydroxylation is 2. The predicted molar refractivity (Wildman–Crippen MR) is 85.2 cm³/mol. The van der Waals surface area contributed by atoms with Gasteiger partial charge in [0, 0.05) is 12.4 Å². The molecule has 1 N–H and O–H groups in total. The topological polar surface area (TPSA) is 29.9 Å². The summed E-state index contributed by atoms with van der Waals surface area (Å²) in [6, 6.07) is 2.24. The van der Waals surface area contributed by atoms with Crippen molar-refractivity contribution in [2.24, 2.45) is 0 Å². The quantitative estimate of drug-likeness (QED) is 0.909. The Bertz CT molecular complexity index is 701. The highest BCUT2D eigenvalue weighted by Gasteiger charge is 2.20. The first-order valence-electron chi connectivity index (χ1n) is 6.75. The maximum absolute atomic E-state index is 4.31. The summed E-state index contributed by atoms with van der Waals surface area (Å²) in [6.45, 7) is 8.54. The number of imidazole rings is 1. The smallest absolute Gasteiger partial charge is 0.110 e. The molecule has 1 aliphatic heterocycles. The first kappa shape index (κ1) is 13.2. The third-order valence-corrected chi connectivity index (χ3v) is 4.70. The highest BCUT2D eigenvalue weighted by Crippen LogP contribution is 2.32. The largest absolute Gasteiger partial charge is 0.376 e. The van der Waals surface area contributed by atoms with Crippen molar-refractivity contribution in [2.45, 2.75) is 33.2 Å². The van der Waals surface area contributed by atoms with Gasteiger partial charge in [-0.15, -0.1) is 11.3 Å². The van der Waals surface area contributed by atoms with E-state index in [-0.39, 0.29) is 5.54 Å². The number of hydrogen-bond donors (Lipinski definition) is 1. The van der Waals surface area contributed by atoms with Gasteiger partial charge in [-0.2, -0.15) is 0 Å². The maximum Gasteiger partial charge on any atom is 0.110 e.